The first kappa shape index (κ1) is 21.3. The molecule has 0 saturated heterocycles. The van der Waals surface area contributed by atoms with Crippen LogP contribution in [0.2, 0.25) is 0 Å². The van der Waals surface area contributed by atoms with Crippen LogP contribution in [0, 0.1) is 0 Å². The van der Waals surface area contributed by atoms with E-state index in [0.29, 0.717) is 16.9 Å². The van der Waals surface area contributed by atoms with Crippen LogP contribution in [0.15, 0.2) is 84.9 Å². The number of hydrogen-bond acceptors (Lipinski definition) is 3. The summed E-state index contributed by atoms with van der Waals surface area (Å²) < 4.78 is 5.76. The van der Waals surface area contributed by atoms with Gasteiger partial charge in [-0.05, 0) is 56.5 Å². The Morgan fingerprint density at radius 1 is 0.800 bits per heavy atom. The van der Waals surface area contributed by atoms with Gasteiger partial charge in [0.1, 0.15) is 5.75 Å². The molecule has 3 aromatic carbocycles. The highest BCUT2D eigenvalue weighted by Gasteiger charge is 2.17. The summed E-state index contributed by atoms with van der Waals surface area (Å²) >= 11 is 0. The van der Waals surface area contributed by atoms with Gasteiger partial charge in [-0.3, -0.25) is 9.59 Å². The Bertz CT molecular complexity index is 953. The summed E-state index contributed by atoms with van der Waals surface area (Å²) in [4.78, 5) is 24.9. The minimum Gasteiger partial charge on any atom is -0.481 e. The van der Waals surface area contributed by atoms with Crippen molar-refractivity contribution in [3.05, 3.63) is 102 Å². The van der Waals surface area contributed by atoms with Crippen molar-refractivity contribution in [2.45, 2.75) is 38.8 Å². The molecule has 2 atom stereocenters. The van der Waals surface area contributed by atoms with E-state index in [2.05, 4.69) is 17.4 Å². The number of aryl methyl sites for hydroxylation is 1. The fourth-order valence-electron chi connectivity index (χ4n) is 3.16. The monoisotopic (exact) mass is 401 g/mol. The van der Waals surface area contributed by atoms with Crippen LogP contribution in [-0.2, 0) is 11.2 Å². The zero-order valence-electron chi connectivity index (χ0n) is 17.4. The van der Waals surface area contributed by atoms with Crippen molar-refractivity contribution in [2.24, 2.45) is 0 Å². The highest BCUT2D eigenvalue weighted by molar-refractivity contribution is 6.08. The number of carbonyl (C=O) groups is 2. The molecule has 0 saturated carbocycles. The maximum Gasteiger partial charge on any atom is 0.260 e. The molecule has 0 aliphatic carbocycles. The van der Waals surface area contributed by atoms with Gasteiger partial charge in [-0.2, -0.15) is 0 Å². The highest BCUT2D eigenvalue weighted by Crippen LogP contribution is 2.17. The summed E-state index contributed by atoms with van der Waals surface area (Å²) in [5, 5.41) is 3.00. The Kier molecular flexibility index (Phi) is 7.39. The predicted octanol–water partition coefficient (Wildman–Crippen LogP) is 4.82. The van der Waals surface area contributed by atoms with Crippen molar-refractivity contribution in [1.82, 2.24) is 5.32 Å². The molecule has 0 unspecified atom stereocenters. The average molecular weight is 402 g/mol. The predicted molar refractivity (Wildman–Crippen MR) is 119 cm³/mol. The van der Waals surface area contributed by atoms with Crippen LogP contribution in [0.3, 0.4) is 0 Å². The highest BCUT2D eigenvalue weighted by atomic mass is 16.5. The van der Waals surface area contributed by atoms with Crippen LogP contribution >= 0.6 is 0 Å². The molecule has 1 N–H and O–H groups in total. The van der Waals surface area contributed by atoms with E-state index in [-0.39, 0.29) is 17.7 Å². The molecule has 0 radical (unpaired) electrons. The fourth-order valence-corrected chi connectivity index (χ4v) is 3.16. The Hall–Kier alpha value is -3.40. The second-order valence-electron chi connectivity index (χ2n) is 7.41. The van der Waals surface area contributed by atoms with E-state index in [1.54, 1.807) is 43.3 Å². The number of benzene rings is 3. The van der Waals surface area contributed by atoms with E-state index < -0.39 is 6.10 Å². The van der Waals surface area contributed by atoms with E-state index in [9.17, 15) is 9.59 Å². The number of rotatable bonds is 9. The molecule has 0 aliphatic rings. The molecule has 154 valence electrons. The smallest absolute Gasteiger partial charge is 0.260 e. The van der Waals surface area contributed by atoms with Crippen LogP contribution in [-0.4, -0.2) is 23.8 Å². The van der Waals surface area contributed by atoms with Gasteiger partial charge in [-0.25, -0.2) is 0 Å². The Labute approximate surface area is 177 Å². The summed E-state index contributed by atoms with van der Waals surface area (Å²) in [5.74, 6) is 0.361. The van der Waals surface area contributed by atoms with Gasteiger partial charge in [0.25, 0.3) is 5.91 Å². The molecule has 4 nitrogen and oxygen atoms in total. The topological polar surface area (TPSA) is 55.4 Å². The third-order valence-corrected chi connectivity index (χ3v) is 4.93. The quantitative estimate of drug-likeness (QED) is 0.523. The van der Waals surface area contributed by atoms with E-state index in [4.69, 9.17) is 4.74 Å². The lowest BCUT2D eigenvalue weighted by atomic mass is 10.0. The van der Waals surface area contributed by atoms with Crippen molar-refractivity contribution in [3.63, 3.8) is 0 Å². The van der Waals surface area contributed by atoms with E-state index in [0.717, 1.165) is 12.8 Å². The molecular formula is C26H27NO3. The molecular weight excluding hydrogens is 374 g/mol. The molecule has 0 aromatic heterocycles. The van der Waals surface area contributed by atoms with Crippen molar-refractivity contribution in [3.8, 4) is 5.75 Å². The lowest BCUT2D eigenvalue weighted by Crippen LogP contribution is -2.41. The first-order valence-electron chi connectivity index (χ1n) is 10.2. The number of ketones is 1. The lowest BCUT2D eigenvalue weighted by molar-refractivity contribution is -0.127. The minimum atomic E-state index is -0.625. The summed E-state index contributed by atoms with van der Waals surface area (Å²) in [6.07, 6.45) is 1.15. The van der Waals surface area contributed by atoms with Crippen LogP contribution < -0.4 is 10.1 Å². The maximum atomic E-state index is 12.5. The second-order valence-corrected chi connectivity index (χ2v) is 7.41. The van der Waals surface area contributed by atoms with Crippen LogP contribution in [0.25, 0.3) is 0 Å². The van der Waals surface area contributed by atoms with Crippen molar-refractivity contribution < 1.29 is 14.3 Å². The molecule has 0 fully saturated rings. The molecule has 30 heavy (non-hydrogen) atoms. The molecule has 0 aliphatic heterocycles. The number of nitrogens with one attached hydrogen (secondary N) is 1. The van der Waals surface area contributed by atoms with Crippen LogP contribution in [0.5, 0.6) is 5.75 Å². The van der Waals surface area contributed by atoms with Crippen LogP contribution in [0.1, 0.15) is 41.8 Å². The summed E-state index contributed by atoms with van der Waals surface area (Å²) in [7, 11) is 0. The van der Waals surface area contributed by atoms with E-state index in [1.165, 1.54) is 5.56 Å². The van der Waals surface area contributed by atoms with Gasteiger partial charge < -0.3 is 10.1 Å². The van der Waals surface area contributed by atoms with Gasteiger partial charge in [-0.15, -0.1) is 0 Å². The molecule has 3 rings (SSSR count). The van der Waals surface area contributed by atoms with Gasteiger partial charge in [-0.1, -0.05) is 60.7 Å². The number of amides is 1. The zero-order valence-corrected chi connectivity index (χ0v) is 17.4. The maximum absolute atomic E-state index is 12.5. The first-order valence-corrected chi connectivity index (χ1v) is 10.2. The molecule has 0 heterocycles. The first-order chi connectivity index (χ1) is 14.5. The Morgan fingerprint density at radius 2 is 1.37 bits per heavy atom. The lowest BCUT2D eigenvalue weighted by Gasteiger charge is -2.19. The second kappa shape index (κ2) is 10.4. The van der Waals surface area contributed by atoms with E-state index in [1.807, 2.05) is 43.3 Å². The normalized spacial score (nSPS) is 12.6. The number of ether oxygens (including phenoxy) is 1. The van der Waals surface area contributed by atoms with Gasteiger partial charge in [0.2, 0.25) is 0 Å². The van der Waals surface area contributed by atoms with Crippen molar-refractivity contribution in [2.75, 3.05) is 0 Å². The minimum absolute atomic E-state index is 0.0415. The summed E-state index contributed by atoms with van der Waals surface area (Å²) in [6, 6.07) is 26.3. The third-order valence-electron chi connectivity index (χ3n) is 4.93. The van der Waals surface area contributed by atoms with Crippen LogP contribution in [0.4, 0.5) is 0 Å². The molecule has 3 aromatic rings. The molecule has 1 amide bonds. The Balaban J connectivity index is 1.49. The zero-order chi connectivity index (χ0) is 21.3. The molecule has 0 bridgehead atoms. The number of hydrogen-bond donors (Lipinski definition) is 1. The number of carbonyl (C=O) groups excluding carboxylic acids is 2. The molecule has 4 heteroatoms. The average Bonchev–Trinajstić information content (AvgIpc) is 2.79. The van der Waals surface area contributed by atoms with E-state index >= 15 is 0 Å². The third kappa shape index (κ3) is 6.05. The van der Waals surface area contributed by atoms with Gasteiger partial charge in [0, 0.05) is 17.2 Å². The summed E-state index contributed by atoms with van der Waals surface area (Å²) in [6.45, 7) is 3.72. The standard InChI is InChI=1S/C26H27NO3/c1-19(13-14-21-9-5-3-6-10-21)27-26(29)20(2)30-24-17-15-23(16-18-24)25(28)22-11-7-4-8-12-22/h3-12,15-20H,13-14H2,1-2H3,(H,27,29)/t19-,20+/m1/s1. The van der Waals surface area contributed by atoms with Gasteiger partial charge in [0.05, 0.1) is 0 Å². The van der Waals surface area contributed by atoms with Gasteiger partial charge >= 0.3 is 0 Å². The summed E-state index contributed by atoms with van der Waals surface area (Å²) in [5.41, 5.74) is 2.48. The SMILES string of the molecule is C[C@H](CCc1ccccc1)NC(=O)[C@H](C)Oc1ccc(C(=O)c2ccccc2)cc1. The van der Waals surface area contributed by atoms with Crippen molar-refractivity contribution >= 4 is 11.7 Å². The van der Waals surface area contributed by atoms with Crippen molar-refractivity contribution in [1.29, 1.82) is 0 Å². The fraction of sp³-hybridized carbons (Fsp3) is 0.231. The van der Waals surface area contributed by atoms with Gasteiger partial charge in [0.15, 0.2) is 11.9 Å². The molecule has 0 spiro atoms. The largest absolute Gasteiger partial charge is 0.481 e. The Morgan fingerprint density at radius 3 is 2.00 bits per heavy atom.